The highest BCUT2D eigenvalue weighted by molar-refractivity contribution is 6.45. The Morgan fingerprint density at radius 2 is 1.42 bits per heavy atom. The number of nitrogens with zero attached hydrogens (tertiary/aromatic N) is 1. The van der Waals surface area contributed by atoms with E-state index in [4.69, 9.17) is 27.9 Å². The van der Waals surface area contributed by atoms with Crippen molar-refractivity contribution in [3.05, 3.63) is 106 Å². The first-order valence-electron chi connectivity index (χ1n) is 11.3. The van der Waals surface area contributed by atoms with Crippen molar-refractivity contribution < 1.29 is 23.9 Å². The van der Waals surface area contributed by atoms with E-state index in [-0.39, 0.29) is 26.9 Å². The number of halogens is 2. The maximum atomic E-state index is 13.9. The van der Waals surface area contributed by atoms with Gasteiger partial charge in [-0.2, -0.15) is 0 Å². The van der Waals surface area contributed by atoms with Gasteiger partial charge in [-0.1, -0.05) is 96.0 Å². The quantitative estimate of drug-likeness (QED) is 0.359. The summed E-state index contributed by atoms with van der Waals surface area (Å²) in [6.07, 6.45) is 2.36. The average molecular weight is 518 g/mol. The molecule has 3 atom stereocenters. The van der Waals surface area contributed by atoms with Gasteiger partial charge in [0.25, 0.3) is 0 Å². The van der Waals surface area contributed by atoms with Crippen LogP contribution in [-0.2, 0) is 14.3 Å². The van der Waals surface area contributed by atoms with E-state index in [0.29, 0.717) is 0 Å². The fourth-order valence-electron chi connectivity index (χ4n) is 5.41. The first-order valence-corrected chi connectivity index (χ1v) is 12.0. The van der Waals surface area contributed by atoms with Gasteiger partial charge in [-0.25, -0.2) is 4.90 Å². The number of rotatable bonds is 3. The highest BCUT2D eigenvalue weighted by Crippen LogP contribution is 2.54. The summed E-state index contributed by atoms with van der Waals surface area (Å²) in [4.78, 5) is 56.0. The second-order valence-electron chi connectivity index (χ2n) is 8.88. The second kappa shape index (κ2) is 8.23. The van der Waals surface area contributed by atoms with Crippen LogP contribution in [0.25, 0.3) is 6.08 Å². The molecule has 3 aromatic rings. The molecule has 0 unspecified atom stereocenters. The van der Waals surface area contributed by atoms with Gasteiger partial charge in [0, 0.05) is 11.1 Å². The second-order valence-corrected chi connectivity index (χ2v) is 9.67. The highest BCUT2D eigenvalue weighted by Gasteiger charge is 2.74. The molecule has 178 valence electrons. The predicted molar refractivity (Wildman–Crippen MR) is 134 cm³/mol. The standard InChI is InChI=1S/C28H17Cl2NO5/c29-18-11-6-12-19(23(18)30)31-26(34)21-20(14-13-15-7-2-1-3-8-15)36-28(22(21)27(31)35)24(32)16-9-4-5-10-17(16)25(28)33/h1-14,20-22H/b14-13+/t20-,21-,22-/m0/s1. The van der Waals surface area contributed by atoms with E-state index in [1.54, 1.807) is 30.4 Å². The van der Waals surface area contributed by atoms with Crippen molar-refractivity contribution in [1.82, 2.24) is 0 Å². The number of carbonyl (C=O) groups excluding carboxylic acids is 4. The van der Waals surface area contributed by atoms with E-state index < -0.39 is 46.9 Å². The Bertz CT molecular complexity index is 1460. The van der Waals surface area contributed by atoms with Gasteiger partial charge >= 0.3 is 0 Å². The van der Waals surface area contributed by atoms with E-state index in [1.165, 1.54) is 24.3 Å². The summed E-state index contributed by atoms with van der Waals surface area (Å²) in [7, 11) is 0. The van der Waals surface area contributed by atoms with Crippen LogP contribution in [0.15, 0.2) is 78.9 Å². The molecular weight excluding hydrogens is 501 g/mol. The minimum Gasteiger partial charge on any atom is -0.350 e. The Hall–Kier alpha value is -3.58. The summed E-state index contributed by atoms with van der Waals surface area (Å²) in [6.45, 7) is 0. The van der Waals surface area contributed by atoms with Gasteiger partial charge in [-0.05, 0) is 17.7 Å². The van der Waals surface area contributed by atoms with Crippen LogP contribution in [0.5, 0.6) is 0 Å². The third kappa shape index (κ3) is 3.02. The lowest BCUT2D eigenvalue weighted by Gasteiger charge is -2.27. The molecule has 2 aliphatic heterocycles. The number of hydrogen-bond donors (Lipinski definition) is 0. The van der Waals surface area contributed by atoms with Gasteiger partial charge in [0.15, 0.2) is 0 Å². The molecule has 2 heterocycles. The van der Waals surface area contributed by atoms with E-state index >= 15 is 0 Å². The molecule has 3 aliphatic rings. The Kier molecular flexibility index (Phi) is 5.23. The number of ketones is 2. The number of benzene rings is 3. The molecule has 2 fully saturated rings. The molecule has 6 nitrogen and oxygen atoms in total. The minimum absolute atomic E-state index is 0.0274. The maximum absolute atomic E-state index is 13.9. The summed E-state index contributed by atoms with van der Waals surface area (Å²) >= 11 is 12.5. The normalized spacial score (nSPS) is 24.3. The van der Waals surface area contributed by atoms with Crippen molar-refractivity contribution in [3.8, 4) is 0 Å². The average Bonchev–Trinajstić information content (AvgIpc) is 3.45. The van der Waals surface area contributed by atoms with Crippen LogP contribution < -0.4 is 4.90 Å². The molecule has 0 radical (unpaired) electrons. The Morgan fingerprint density at radius 3 is 2.08 bits per heavy atom. The summed E-state index contributed by atoms with van der Waals surface area (Å²) in [5, 5.41) is 0.193. The van der Waals surface area contributed by atoms with Crippen LogP contribution in [0.3, 0.4) is 0 Å². The number of fused-ring (bicyclic) bond motifs is 3. The zero-order valence-electron chi connectivity index (χ0n) is 18.6. The number of ether oxygens (including phenoxy) is 1. The van der Waals surface area contributed by atoms with Crippen LogP contribution in [-0.4, -0.2) is 35.1 Å². The predicted octanol–water partition coefficient (Wildman–Crippen LogP) is 5.03. The van der Waals surface area contributed by atoms with Crippen LogP contribution in [0.4, 0.5) is 5.69 Å². The smallest absolute Gasteiger partial charge is 0.241 e. The summed E-state index contributed by atoms with van der Waals surface area (Å²) in [6, 6.07) is 20.2. The molecule has 1 spiro atoms. The van der Waals surface area contributed by atoms with Gasteiger partial charge in [-0.3, -0.25) is 19.2 Å². The van der Waals surface area contributed by atoms with E-state index in [2.05, 4.69) is 0 Å². The molecule has 3 aromatic carbocycles. The van der Waals surface area contributed by atoms with E-state index in [0.717, 1.165) is 10.5 Å². The summed E-state index contributed by atoms with van der Waals surface area (Å²) < 4.78 is 6.17. The molecule has 0 aromatic heterocycles. The highest BCUT2D eigenvalue weighted by atomic mass is 35.5. The van der Waals surface area contributed by atoms with Crippen molar-refractivity contribution in [2.24, 2.45) is 11.8 Å². The molecule has 0 bridgehead atoms. The third-order valence-corrected chi connectivity index (χ3v) is 7.81. The SMILES string of the molecule is O=C1[C@H]2[C@H](/C=C/c3ccccc3)OC3(C(=O)c4ccccc4C3=O)[C@@H]2C(=O)N1c1cccc(Cl)c1Cl. The monoisotopic (exact) mass is 517 g/mol. The number of carbonyl (C=O) groups is 4. The molecule has 2 saturated heterocycles. The van der Waals surface area contributed by atoms with Crippen molar-refractivity contribution in [2.45, 2.75) is 11.7 Å². The van der Waals surface area contributed by atoms with Crippen molar-refractivity contribution in [3.63, 3.8) is 0 Å². The first kappa shape index (κ1) is 22.9. The fourth-order valence-corrected chi connectivity index (χ4v) is 5.79. The Labute approximate surface area is 216 Å². The zero-order chi connectivity index (χ0) is 25.2. The lowest BCUT2D eigenvalue weighted by atomic mass is 9.78. The number of Topliss-reactive ketones (excluding diaryl/α,β-unsaturated/α-hetero) is 2. The molecule has 0 saturated carbocycles. The van der Waals surface area contributed by atoms with Crippen molar-refractivity contribution >= 4 is 58.3 Å². The summed E-state index contributed by atoms with van der Waals surface area (Å²) in [5.41, 5.74) is -0.851. The Balaban J connectivity index is 1.50. The molecular formula is C28H17Cl2NO5. The molecule has 6 rings (SSSR count). The third-order valence-electron chi connectivity index (χ3n) is 7.01. The molecule has 2 amide bonds. The fraction of sp³-hybridized carbons (Fsp3) is 0.143. The van der Waals surface area contributed by atoms with E-state index in [9.17, 15) is 19.2 Å². The molecule has 0 N–H and O–H groups in total. The topological polar surface area (TPSA) is 80.8 Å². The first-order chi connectivity index (χ1) is 17.4. The minimum atomic E-state index is -2.13. The maximum Gasteiger partial charge on any atom is 0.241 e. The van der Waals surface area contributed by atoms with Gasteiger partial charge in [-0.15, -0.1) is 0 Å². The van der Waals surface area contributed by atoms with Crippen LogP contribution in [0.1, 0.15) is 26.3 Å². The van der Waals surface area contributed by atoms with Gasteiger partial charge in [0.2, 0.25) is 29.0 Å². The zero-order valence-corrected chi connectivity index (χ0v) is 20.1. The van der Waals surface area contributed by atoms with Crippen molar-refractivity contribution in [1.29, 1.82) is 0 Å². The van der Waals surface area contributed by atoms with Gasteiger partial charge in [0.1, 0.15) is 0 Å². The number of anilines is 1. The number of amides is 2. The van der Waals surface area contributed by atoms with Crippen LogP contribution >= 0.6 is 23.2 Å². The molecule has 36 heavy (non-hydrogen) atoms. The van der Waals surface area contributed by atoms with Gasteiger partial charge < -0.3 is 4.74 Å². The lowest BCUT2D eigenvalue weighted by molar-refractivity contribution is -0.126. The molecule has 1 aliphatic carbocycles. The van der Waals surface area contributed by atoms with Crippen LogP contribution in [0, 0.1) is 11.8 Å². The van der Waals surface area contributed by atoms with Crippen LogP contribution in [0.2, 0.25) is 10.0 Å². The number of imide groups is 1. The van der Waals surface area contributed by atoms with Crippen molar-refractivity contribution in [2.75, 3.05) is 4.90 Å². The Morgan fingerprint density at radius 1 is 0.778 bits per heavy atom. The summed E-state index contributed by atoms with van der Waals surface area (Å²) in [5.74, 6) is -5.01. The molecule has 8 heteroatoms. The van der Waals surface area contributed by atoms with E-state index in [1.807, 2.05) is 30.3 Å². The van der Waals surface area contributed by atoms with Gasteiger partial charge in [0.05, 0.1) is 33.7 Å². The largest absolute Gasteiger partial charge is 0.350 e. The lowest BCUT2D eigenvalue weighted by Crippen LogP contribution is -2.51. The number of hydrogen-bond acceptors (Lipinski definition) is 5.